The zero-order valence-electron chi connectivity index (χ0n) is 18.9. The van der Waals surface area contributed by atoms with Crippen LogP contribution in [0.3, 0.4) is 0 Å². The quantitative estimate of drug-likeness (QED) is 0.374. The summed E-state index contributed by atoms with van der Waals surface area (Å²) in [7, 11) is -3.90. The van der Waals surface area contributed by atoms with Crippen molar-refractivity contribution in [1.29, 1.82) is 0 Å². The van der Waals surface area contributed by atoms with Crippen molar-refractivity contribution in [2.45, 2.75) is 11.8 Å². The Morgan fingerprint density at radius 1 is 1.00 bits per heavy atom. The minimum Gasteiger partial charge on any atom is -0.411 e. The third-order valence-electron chi connectivity index (χ3n) is 5.58. The molecule has 0 atom stereocenters. The molecule has 0 fully saturated rings. The van der Waals surface area contributed by atoms with E-state index in [2.05, 4.69) is 15.2 Å². The molecular weight excluding hydrogens is 482 g/mol. The standard InChI is InChI=1S/C25H19N5O5S/c1-15-5-11-18(12-6-15)36(33,34)30-14-27-23-19(3-2-4-22(23)30)20-13-21(28-29-24(20)31)16-7-9-17(10-8-16)35-25(26)32/h2-14H,1H3,(H2,26,32)(H,29,31). The van der Waals surface area contributed by atoms with Crippen LogP contribution in [0.5, 0.6) is 5.75 Å². The fourth-order valence-electron chi connectivity index (χ4n) is 3.81. The van der Waals surface area contributed by atoms with Gasteiger partial charge in [0.25, 0.3) is 15.6 Å². The summed E-state index contributed by atoms with van der Waals surface area (Å²) in [4.78, 5) is 28.1. The van der Waals surface area contributed by atoms with Gasteiger partial charge in [-0.3, -0.25) is 4.79 Å². The predicted octanol–water partition coefficient (Wildman–Crippen LogP) is 3.46. The Kier molecular flexibility index (Phi) is 5.61. The summed E-state index contributed by atoms with van der Waals surface area (Å²) in [5, 5.41) is 6.59. The van der Waals surface area contributed by atoms with Crippen molar-refractivity contribution in [2.24, 2.45) is 5.73 Å². The first-order chi connectivity index (χ1) is 17.2. The van der Waals surface area contributed by atoms with Gasteiger partial charge in [-0.2, -0.15) is 5.10 Å². The second kappa shape index (κ2) is 8.78. The summed E-state index contributed by atoms with van der Waals surface area (Å²) < 4.78 is 32.5. The average Bonchev–Trinajstić information content (AvgIpc) is 3.30. The topological polar surface area (TPSA) is 150 Å². The summed E-state index contributed by atoms with van der Waals surface area (Å²) in [6.07, 6.45) is 0.307. The van der Waals surface area contributed by atoms with E-state index in [-0.39, 0.29) is 16.2 Å². The third kappa shape index (κ3) is 4.12. The number of fused-ring (bicyclic) bond motifs is 1. The molecule has 0 bridgehead atoms. The van der Waals surface area contributed by atoms with E-state index < -0.39 is 21.7 Å². The molecule has 2 aromatic heterocycles. The highest BCUT2D eigenvalue weighted by Gasteiger charge is 2.21. The number of aromatic amines is 1. The monoisotopic (exact) mass is 501 g/mol. The minimum atomic E-state index is -3.90. The molecule has 2 heterocycles. The SMILES string of the molecule is Cc1ccc(S(=O)(=O)n2cnc3c(-c4cc(-c5ccc(OC(N)=O)cc5)n[nH]c4=O)cccc32)cc1. The van der Waals surface area contributed by atoms with Gasteiger partial charge < -0.3 is 10.5 Å². The number of nitrogens with two attached hydrogens (primary N) is 1. The predicted molar refractivity (Wildman–Crippen MR) is 133 cm³/mol. The molecule has 36 heavy (non-hydrogen) atoms. The maximum absolute atomic E-state index is 13.3. The van der Waals surface area contributed by atoms with E-state index in [1.165, 1.54) is 6.33 Å². The Morgan fingerprint density at radius 2 is 1.72 bits per heavy atom. The van der Waals surface area contributed by atoms with Gasteiger partial charge in [0.1, 0.15) is 12.1 Å². The number of aryl methyl sites for hydroxylation is 1. The van der Waals surface area contributed by atoms with Crippen molar-refractivity contribution < 1.29 is 17.9 Å². The van der Waals surface area contributed by atoms with Crippen LogP contribution < -0.4 is 16.0 Å². The first kappa shape index (κ1) is 23.0. The highest BCUT2D eigenvalue weighted by Crippen LogP contribution is 2.30. The maximum atomic E-state index is 13.3. The summed E-state index contributed by atoms with van der Waals surface area (Å²) >= 11 is 0. The van der Waals surface area contributed by atoms with Crippen molar-refractivity contribution in [3.05, 3.63) is 95.0 Å². The number of rotatable bonds is 5. The molecule has 0 spiro atoms. The number of primary amides is 1. The number of para-hydroxylation sites is 1. The molecule has 5 aromatic rings. The Bertz CT molecular complexity index is 1770. The molecule has 3 aromatic carbocycles. The molecule has 0 aliphatic rings. The van der Waals surface area contributed by atoms with Gasteiger partial charge in [0, 0.05) is 11.1 Å². The Morgan fingerprint density at radius 3 is 2.42 bits per heavy atom. The van der Waals surface area contributed by atoms with E-state index in [9.17, 15) is 18.0 Å². The molecule has 0 aliphatic heterocycles. The van der Waals surface area contributed by atoms with E-state index in [4.69, 9.17) is 10.5 Å². The number of hydrogen-bond acceptors (Lipinski definition) is 7. The van der Waals surface area contributed by atoms with Crippen molar-refractivity contribution in [3.63, 3.8) is 0 Å². The Labute approximate surface area is 205 Å². The second-order valence-electron chi connectivity index (χ2n) is 7.97. The van der Waals surface area contributed by atoms with Gasteiger partial charge in [-0.15, -0.1) is 0 Å². The third-order valence-corrected chi connectivity index (χ3v) is 7.26. The van der Waals surface area contributed by atoms with Crippen molar-refractivity contribution in [1.82, 2.24) is 19.2 Å². The van der Waals surface area contributed by atoms with Crippen LogP contribution in [0.2, 0.25) is 0 Å². The molecule has 0 saturated carbocycles. The van der Waals surface area contributed by atoms with Crippen LogP contribution in [0.4, 0.5) is 4.79 Å². The number of benzene rings is 3. The molecule has 5 rings (SSSR count). The lowest BCUT2D eigenvalue weighted by molar-refractivity contribution is 0.211. The van der Waals surface area contributed by atoms with Crippen LogP contribution in [0.15, 0.2) is 88.8 Å². The van der Waals surface area contributed by atoms with E-state index in [0.29, 0.717) is 27.9 Å². The lowest BCUT2D eigenvalue weighted by Crippen LogP contribution is -2.16. The van der Waals surface area contributed by atoms with Gasteiger partial charge in [0.2, 0.25) is 0 Å². The zero-order valence-corrected chi connectivity index (χ0v) is 19.7. The number of imidazole rings is 1. The number of aromatic nitrogens is 4. The lowest BCUT2D eigenvalue weighted by atomic mass is 10.0. The summed E-state index contributed by atoms with van der Waals surface area (Å²) in [5.41, 5.74) is 7.99. The lowest BCUT2D eigenvalue weighted by Gasteiger charge is -2.08. The molecule has 0 radical (unpaired) electrons. The molecule has 1 amide bonds. The minimum absolute atomic E-state index is 0.130. The van der Waals surface area contributed by atoms with Gasteiger partial charge in [-0.1, -0.05) is 29.8 Å². The van der Waals surface area contributed by atoms with E-state index in [0.717, 1.165) is 9.54 Å². The molecular formula is C25H19N5O5S. The molecule has 0 unspecified atom stereocenters. The fraction of sp³-hybridized carbons (Fsp3) is 0.0400. The summed E-state index contributed by atoms with van der Waals surface area (Å²) in [5.74, 6) is 0.265. The molecule has 180 valence electrons. The zero-order chi connectivity index (χ0) is 25.4. The van der Waals surface area contributed by atoms with Crippen molar-refractivity contribution >= 4 is 27.1 Å². The summed E-state index contributed by atoms with van der Waals surface area (Å²) in [6, 6.07) is 19.5. The number of carbonyl (C=O) groups excluding carboxylic acids is 1. The van der Waals surface area contributed by atoms with E-state index in [1.54, 1.807) is 72.8 Å². The molecule has 11 heteroatoms. The summed E-state index contributed by atoms with van der Waals surface area (Å²) in [6.45, 7) is 1.87. The van der Waals surface area contributed by atoms with Gasteiger partial charge in [-0.25, -0.2) is 27.3 Å². The van der Waals surface area contributed by atoms with Crippen LogP contribution in [-0.2, 0) is 10.0 Å². The fourth-order valence-corrected chi connectivity index (χ4v) is 5.10. The van der Waals surface area contributed by atoms with Crippen molar-refractivity contribution in [3.8, 4) is 28.1 Å². The number of hydrogen-bond donors (Lipinski definition) is 2. The second-order valence-corrected chi connectivity index (χ2v) is 9.79. The van der Waals surface area contributed by atoms with Crippen LogP contribution in [0.1, 0.15) is 5.56 Å². The van der Waals surface area contributed by atoms with Crippen LogP contribution >= 0.6 is 0 Å². The first-order valence-electron chi connectivity index (χ1n) is 10.7. The highest BCUT2D eigenvalue weighted by atomic mass is 32.2. The number of nitrogens with one attached hydrogen (secondary N) is 1. The number of amides is 1. The van der Waals surface area contributed by atoms with Crippen LogP contribution in [0, 0.1) is 6.92 Å². The number of nitrogens with zero attached hydrogens (tertiary/aromatic N) is 3. The van der Waals surface area contributed by atoms with Crippen LogP contribution in [-0.4, -0.2) is 33.7 Å². The van der Waals surface area contributed by atoms with E-state index >= 15 is 0 Å². The normalized spacial score (nSPS) is 11.5. The number of ether oxygens (including phenoxy) is 1. The number of H-pyrrole nitrogens is 1. The highest BCUT2D eigenvalue weighted by molar-refractivity contribution is 7.90. The maximum Gasteiger partial charge on any atom is 0.409 e. The van der Waals surface area contributed by atoms with Gasteiger partial charge >= 0.3 is 6.09 Å². The van der Waals surface area contributed by atoms with Crippen LogP contribution in [0.25, 0.3) is 33.4 Å². The molecule has 0 saturated heterocycles. The van der Waals surface area contributed by atoms with Gasteiger partial charge in [-0.05, 0) is 55.5 Å². The smallest absolute Gasteiger partial charge is 0.409 e. The Hall–Kier alpha value is -4.77. The average molecular weight is 502 g/mol. The molecule has 3 N–H and O–H groups in total. The van der Waals surface area contributed by atoms with E-state index in [1.807, 2.05) is 6.92 Å². The van der Waals surface area contributed by atoms with Gasteiger partial charge in [0.15, 0.2) is 0 Å². The number of carbonyl (C=O) groups is 1. The first-order valence-corrected chi connectivity index (χ1v) is 12.1. The Balaban J connectivity index is 1.59. The largest absolute Gasteiger partial charge is 0.411 e. The van der Waals surface area contributed by atoms with Gasteiger partial charge in [0.05, 0.1) is 27.2 Å². The van der Waals surface area contributed by atoms with Crippen molar-refractivity contribution in [2.75, 3.05) is 0 Å². The molecule has 10 nitrogen and oxygen atoms in total. The molecule has 0 aliphatic carbocycles.